The lowest BCUT2D eigenvalue weighted by molar-refractivity contribution is 0.482. The Morgan fingerprint density at radius 2 is 2.12 bits per heavy atom. The summed E-state index contributed by atoms with van der Waals surface area (Å²) in [7, 11) is -4.15. The van der Waals surface area contributed by atoms with Crippen molar-refractivity contribution in [2.45, 2.75) is 25.2 Å². The van der Waals surface area contributed by atoms with Crippen LogP contribution >= 0.6 is 0 Å². The van der Waals surface area contributed by atoms with Crippen LogP contribution < -0.4 is 5.32 Å². The van der Waals surface area contributed by atoms with Crippen molar-refractivity contribution >= 4 is 15.8 Å². The Kier molecular flexibility index (Phi) is 2.67. The molecule has 1 unspecified atom stereocenters. The Balaban J connectivity index is 2.64. The first-order valence-electron chi connectivity index (χ1n) is 5.23. The number of nitrogens with one attached hydrogen (secondary N) is 1. The quantitative estimate of drug-likeness (QED) is 0.736. The van der Waals surface area contributed by atoms with Gasteiger partial charge in [0.1, 0.15) is 4.90 Å². The second-order valence-electron chi connectivity index (χ2n) is 4.46. The average molecular weight is 241 g/mol. The van der Waals surface area contributed by atoms with Crippen molar-refractivity contribution in [2.24, 2.45) is 5.92 Å². The molecule has 1 heterocycles. The van der Waals surface area contributed by atoms with Gasteiger partial charge in [0.05, 0.1) is 5.69 Å². The monoisotopic (exact) mass is 241 g/mol. The molecule has 0 fully saturated rings. The Bertz CT molecular complexity index is 522. The number of hydrogen-bond donors (Lipinski definition) is 2. The zero-order chi connectivity index (χ0) is 11.9. The fourth-order valence-electron chi connectivity index (χ4n) is 2.11. The van der Waals surface area contributed by atoms with Gasteiger partial charge in [-0.1, -0.05) is 13.0 Å². The highest BCUT2D eigenvalue weighted by molar-refractivity contribution is 7.86. The third-order valence-electron chi connectivity index (χ3n) is 2.80. The van der Waals surface area contributed by atoms with E-state index in [9.17, 15) is 8.42 Å². The van der Waals surface area contributed by atoms with Gasteiger partial charge in [-0.05, 0) is 36.5 Å². The second kappa shape index (κ2) is 3.75. The lowest BCUT2D eigenvalue weighted by Crippen LogP contribution is -2.22. The maximum absolute atomic E-state index is 11.3. The van der Waals surface area contributed by atoms with Gasteiger partial charge in [-0.3, -0.25) is 4.55 Å². The van der Waals surface area contributed by atoms with Gasteiger partial charge >= 0.3 is 0 Å². The zero-order valence-electron chi connectivity index (χ0n) is 9.32. The van der Waals surface area contributed by atoms with Gasteiger partial charge in [0, 0.05) is 6.54 Å². The Morgan fingerprint density at radius 3 is 2.75 bits per heavy atom. The van der Waals surface area contributed by atoms with Crippen LogP contribution in [0.15, 0.2) is 17.0 Å². The number of aryl methyl sites for hydroxylation is 1. The summed E-state index contributed by atoms with van der Waals surface area (Å²) in [6.07, 6.45) is 0.840. The average Bonchev–Trinajstić information content (AvgIpc) is 2.14. The number of fused-ring (bicyclic) bond motifs is 1. The second-order valence-corrected chi connectivity index (χ2v) is 5.85. The van der Waals surface area contributed by atoms with E-state index in [0.29, 0.717) is 11.6 Å². The van der Waals surface area contributed by atoms with Gasteiger partial charge in [0.15, 0.2) is 0 Å². The number of benzene rings is 1. The Morgan fingerprint density at radius 1 is 1.44 bits per heavy atom. The van der Waals surface area contributed by atoms with Crippen molar-refractivity contribution in [3.8, 4) is 0 Å². The van der Waals surface area contributed by atoms with E-state index in [1.807, 2.05) is 13.0 Å². The van der Waals surface area contributed by atoms with E-state index in [-0.39, 0.29) is 4.90 Å². The molecule has 0 bridgehead atoms. The first-order chi connectivity index (χ1) is 7.38. The molecule has 0 saturated carbocycles. The number of hydrogen-bond acceptors (Lipinski definition) is 3. The molecule has 1 aromatic rings. The molecule has 88 valence electrons. The van der Waals surface area contributed by atoms with Crippen LogP contribution in [0.4, 0.5) is 5.69 Å². The largest absolute Gasteiger partial charge is 0.383 e. The lowest BCUT2D eigenvalue weighted by atomic mass is 9.94. The van der Waals surface area contributed by atoms with E-state index in [4.69, 9.17) is 4.55 Å². The molecular weight excluding hydrogens is 226 g/mol. The molecule has 5 heteroatoms. The topological polar surface area (TPSA) is 66.4 Å². The summed E-state index contributed by atoms with van der Waals surface area (Å²) < 4.78 is 31.7. The first-order valence-corrected chi connectivity index (χ1v) is 6.67. The van der Waals surface area contributed by atoms with Crippen molar-refractivity contribution < 1.29 is 13.0 Å². The molecule has 1 aromatic carbocycles. The Labute approximate surface area is 95.4 Å². The zero-order valence-corrected chi connectivity index (χ0v) is 10.1. The highest BCUT2D eigenvalue weighted by atomic mass is 32.2. The van der Waals surface area contributed by atoms with Crippen LogP contribution in [0.1, 0.15) is 18.1 Å². The number of rotatable bonds is 1. The van der Waals surface area contributed by atoms with Crippen molar-refractivity contribution in [3.05, 3.63) is 23.3 Å². The minimum atomic E-state index is -4.15. The molecule has 4 nitrogen and oxygen atoms in total. The molecule has 0 spiro atoms. The van der Waals surface area contributed by atoms with Crippen molar-refractivity contribution in [2.75, 3.05) is 11.9 Å². The highest BCUT2D eigenvalue weighted by Gasteiger charge is 2.23. The SMILES string of the molecule is Cc1cc2c(c(S(=O)(=O)O)c1)NCC(C)C2. The van der Waals surface area contributed by atoms with E-state index in [2.05, 4.69) is 12.2 Å². The van der Waals surface area contributed by atoms with Crippen molar-refractivity contribution in [1.82, 2.24) is 0 Å². The lowest BCUT2D eigenvalue weighted by Gasteiger charge is -2.25. The molecule has 1 aliphatic rings. The fourth-order valence-corrected chi connectivity index (χ4v) is 2.91. The van der Waals surface area contributed by atoms with Crippen LogP contribution in [-0.2, 0) is 16.5 Å². The van der Waals surface area contributed by atoms with Crippen LogP contribution in [0.25, 0.3) is 0 Å². The summed E-state index contributed by atoms with van der Waals surface area (Å²) in [5.74, 6) is 0.476. The van der Waals surface area contributed by atoms with Crippen molar-refractivity contribution in [1.29, 1.82) is 0 Å². The molecule has 0 aromatic heterocycles. The highest BCUT2D eigenvalue weighted by Crippen LogP contribution is 2.32. The van der Waals surface area contributed by atoms with Crippen LogP contribution in [0.2, 0.25) is 0 Å². The molecule has 0 amide bonds. The minimum Gasteiger partial charge on any atom is -0.383 e. The molecule has 1 atom stereocenters. The summed E-state index contributed by atoms with van der Waals surface area (Å²) in [5.41, 5.74) is 2.37. The molecule has 1 aliphatic heterocycles. The van der Waals surface area contributed by atoms with E-state index in [1.54, 1.807) is 0 Å². The molecule has 16 heavy (non-hydrogen) atoms. The van der Waals surface area contributed by atoms with E-state index in [0.717, 1.165) is 24.1 Å². The maximum atomic E-state index is 11.3. The molecule has 0 radical (unpaired) electrons. The Hall–Kier alpha value is -1.07. The summed E-state index contributed by atoms with van der Waals surface area (Å²) in [6.45, 7) is 4.66. The van der Waals surface area contributed by atoms with Crippen LogP contribution in [-0.4, -0.2) is 19.5 Å². The predicted molar refractivity (Wildman–Crippen MR) is 62.4 cm³/mol. The van der Waals surface area contributed by atoms with Crippen LogP contribution in [0, 0.1) is 12.8 Å². The third kappa shape index (κ3) is 2.05. The predicted octanol–water partition coefficient (Wildman–Crippen LogP) is 1.85. The van der Waals surface area contributed by atoms with E-state index >= 15 is 0 Å². The number of anilines is 1. The third-order valence-corrected chi connectivity index (χ3v) is 3.68. The van der Waals surface area contributed by atoms with Gasteiger partial charge in [-0.25, -0.2) is 0 Å². The normalized spacial score (nSPS) is 20.1. The smallest absolute Gasteiger partial charge is 0.296 e. The van der Waals surface area contributed by atoms with E-state index < -0.39 is 10.1 Å². The van der Waals surface area contributed by atoms with Crippen LogP contribution in [0.5, 0.6) is 0 Å². The summed E-state index contributed by atoms with van der Waals surface area (Å²) >= 11 is 0. The summed E-state index contributed by atoms with van der Waals surface area (Å²) in [4.78, 5) is -0.00519. The fraction of sp³-hybridized carbons (Fsp3) is 0.455. The molecule has 0 aliphatic carbocycles. The first kappa shape index (κ1) is 11.4. The minimum absolute atomic E-state index is 0.00519. The standard InChI is InChI=1S/C11H15NO3S/c1-7-3-9-4-8(2)6-12-11(9)10(5-7)16(13,14)15/h3,5,8,12H,4,6H2,1-2H3,(H,13,14,15). The van der Waals surface area contributed by atoms with Gasteiger partial charge in [-0.2, -0.15) is 8.42 Å². The van der Waals surface area contributed by atoms with E-state index in [1.165, 1.54) is 6.07 Å². The van der Waals surface area contributed by atoms with Gasteiger partial charge in [-0.15, -0.1) is 0 Å². The van der Waals surface area contributed by atoms with Crippen molar-refractivity contribution in [3.63, 3.8) is 0 Å². The maximum Gasteiger partial charge on any atom is 0.296 e. The summed E-state index contributed by atoms with van der Waals surface area (Å²) in [5, 5.41) is 3.08. The molecule has 0 saturated heterocycles. The van der Waals surface area contributed by atoms with Gasteiger partial charge in [0.25, 0.3) is 10.1 Å². The molecular formula is C11H15NO3S. The van der Waals surface area contributed by atoms with Crippen LogP contribution in [0.3, 0.4) is 0 Å². The van der Waals surface area contributed by atoms with Gasteiger partial charge in [0.2, 0.25) is 0 Å². The van der Waals surface area contributed by atoms with Gasteiger partial charge < -0.3 is 5.32 Å². The molecule has 2 rings (SSSR count). The molecule has 2 N–H and O–H groups in total. The summed E-state index contributed by atoms with van der Waals surface area (Å²) in [6, 6.07) is 3.46.